The highest BCUT2D eigenvalue weighted by molar-refractivity contribution is 5.90. The van der Waals surface area contributed by atoms with Gasteiger partial charge in [0.05, 0.1) is 11.8 Å². The molecular formula is C22H16N2O2. The van der Waals surface area contributed by atoms with Gasteiger partial charge in [-0.1, -0.05) is 72.8 Å². The summed E-state index contributed by atoms with van der Waals surface area (Å²) in [4.78, 5) is 12.7. The van der Waals surface area contributed by atoms with Crippen LogP contribution in [0.2, 0.25) is 0 Å². The highest BCUT2D eigenvalue weighted by Gasteiger charge is 2.23. The number of carbonyl (C=O) groups is 1. The zero-order valence-corrected chi connectivity index (χ0v) is 13.9. The predicted molar refractivity (Wildman–Crippen MR) is 99.7 cm³/mol. The van der Waals surface area contributed by atoms with Gasteiger partial charge in [-0.25, -0.2) is 4.79 Å². The van der Waals surface area contributed by atoms with Crippen molar-refractivity contribution in [2.24, 2.45) is 0 Å². The van der Waals surface area contributed by atoms with Crippen LogP contribution in [0.15, 0.2) is 91.1 Å². The molecule has 4 rings (SSSR count). The van der Waals surface area contributed by atoms with E-state index in [2.05, 4.69) is 10.2 Å². The largest absolute Gasteiger partial charge is 0.447 e. The fourth-order valence-electron chi connectivity index (χ4n) is 2.90. The van der Waals surface area contributed by atoms with Crippen LogP contribution in [0.5, 0.6) is 0 Å². The highest BCUT2D eigenvalue weighted by atomic mass is 16.5. The standard InChI is InChI=1S/C22H16N2O2/c25-22(17-11-5-2-6-12-17)26-21(16-9-3-1-4-10-16)20-19-14-8-7-13-18(19)15-23-24-20/h1-15,21H/t21-/m1/s1. The Morgan fingerprint density at radius 3 is 2.23 bits per heavy atom. The zero-order valence-electron chi connectivity index (χ0n) is 13.9. The Labute approximate surface area is 151 Å². The second-order valence-corrected chi connectivity index (χ2v) is 5.88. The summed E-state index contributed by atoms with van der Waals surface area (Å²) in [6.07, 6.45) is 1.07. The number of nitrogens with zero attached hydrogens (tertiary/aromatic N) is 2. The van der Waals surface area contributed by atoms with E-state index in [1.807, 2.05) is 72.8 Å². The van der Waals surface area contributed by atoms with Crippen LogP contribution in [0.25, 0.3) is 10.8 Å². The van der Waals surface area contributed by atoms with E-state index in [4.69, 9.17) is 4.74 Å². The summed E-state index contributed by atoms with van der Waals surface area (Å²) < 4.78 is 5.88. The first-order valence-electron chi connectivity index (χ1n) is 8.34. The summed E-state index contributed by atoms with van der Waals surface area (Å²) in [6, 6.07) is 26.4. The minimum Gasteiger partial charge on any atom is -0.447 e. The molecule has 0 spiro atoms. The van der Waals surface area contributed by atoms with Gasteiger partial charge in [0.25, 0.3) is 0 Å². The Balaban J connectivity index is 1.80. The van der Waals surface area contributed by atoms with Crippen LogP contribution in [0.3, 0.4) is 0 Å². The summed E-state index contributed by atoms with van der Waals surface area (Å²) >= 11 is 0. The van der Waals surface area contributed by atoms with Crippen LogP contribution in [-0.4, -0.2) is 16.2 Å². The van der Waals surface area contributed by atoms with Gasteiger partial charge >= 0.3 is 5.97 Å². The van der Waals surface area contributed by atoms with Gasteiger partial charge in [0.2, 0.25) is 0 Å². The summed E-state index contributed by atoms with van der Waals surface area (Å²) in [7, 11) is 0. The molecule has 1 atom stereocenters. The first kappa shape index (κ1) is 16.0. The molecule has 0 aliphatic heterocycles. The molecule has 3 aromatic carbocycles. The molecule has 0 aliphatic carbocycles. The van der Waals surface area contributed by atoms with Crippen LogP contribution >= 0.6 is 0 Å². The molecule has 26 heavy (non-hydrogen) atoms. The second kappa shape index (κ2) is 7.15. The molecule has 0 amide bonds. The number of esters is 1. The number of benzene rings is 3. The first-order valence-corrected chi connectivity index (χ1v) is 8.34. The van der Waals surface area contributed by atoms with Crippen molar-refractivity contribution in [3.8, 4) is 0 Å². The molecule has 0 aliphatic rings. The van der Waals surface area contributed by atoms with E-state index in [0.29, 0.717) is 11.3 Å². The number of fused-ring (bicyclic) bond motifs is 1. The van der Waals surface area contributed by atoms with E-state index in [-0.39, 0.29) is 0 Å². The van der Waals surface area contributed by atoms with Crippen LogP contribution in [0.4, 0.5) is 0 Å². The summed E-state index contributed by atoms with van der Waals surface area (Å²) in [5.41, 5.74) is 1.97. The lowest BCUT2D eigenvalue weighted by Crippen LogP contribution is -2.15. The van der Waals surface area contributed by atoms with E-state index < -0.39 is 12.1 Å². The number of carbonyl (C=O) groups excluding carboxylic acids is 1. The smallest absolute Gasteiger partial charge is 0.339 e. The van der Waals surface area contributed by atoms with E-state index in [9.17, 15) is 4.79 Å². The van der Waals surface area contributed by atoms with Crippen molar-refractivity contribution in [3.05, 3.63) is 108 Å². The Hall–Kier alpha value is -3.53. The topological polar surface area (TPSA) is 52.1 Å². The number of ether oxygens (including phenoxy) is 1. The van der Waals surface area contributed by atoms with Gasteiger partial charge in [0, 0.05) is 10.8 Å². The molecule has 0 saturated heterocycles. The van der Waals surface area contributed by atoms with Gasteiger partial charge in [-0.05, 0) is 17.7 Å². The molecule has 4 aromatic rings. The van der Waals surface area contributed by atoms with Crippen LogP contribution in [0.1, 0.15) is 27.7 Å². The molecule has 0 fully saturated rings. The number of hydrogen-bond donors (Lipinski definition) is 0. The quantitative estimate of drug-likeness (QED) is 0.510. The molecule has 0 N–H and O–H groups in total. The van der Waals surface area contributed by atoms with E-state index in [1.54, 1.807) is 18.3 Å². The third-order valence-electron chi connectivity index (χ3n) is 4.18. The average Bonchev–Trinajstić information content (AvgIpc) is 2.73. The van der Waals surface area contributed by atoms with E-state index in [0.717, 1.165) is 16.3 Å². The molecule has 0 radical (unpaired) electrons. The molecule has 0 bridgehead atoms. The highest BCUT2D eigenvalue weighted by Crippen LogP contribution is 2.30. The summed E-state index contributed by atoms with van der Waals surface area (Å²) in [6.45, 7) is 0. The average molecular weight is 340 g/mol. The van der Waals surface area contributed by atoms with Crippen LogP contribution < -0.4 is 0 Å². The third kappa shape index (κ3) is 3.17. The molecular weight excluding hydrogens is 324 g/mol. The summed E-state index contributed by atoms with van der Waals surface area (Å²) in [5, 5.41) is 10.3. The summed E-state index contributed by atoms with van der Waals surface area (Å²) in [5.74, 6) is -0.394. The van der Waals surface area contributed by atoms with Crippen LogP contribution in [0, 0.1) is 0 Å². The maximum atomic E-state index is 12.7. The van der Waals surface area contributed by atoms with Gasteiger partial charge < -0.3 is 4.74 Å². The number of hydrogen-bond acceptors (Lipinski definition) is 4. The monoisotopic (exact) mass is 340 g/mol. The SMILES string of the molecule is O=C(O[C@H](c1ccccc1)c1nncc2ccccc12)c1ccccc1. The van der Waals surface area contributed by atoms with Crippen molar-refractivity contribution in [1.82, 2.24) is 10.2 Å². The third-order valence-corrected chi connectivity index (χ3v) is 4.18. The zero-order chi connectivity index (χ0) is 17.8. The molecule has 1 heterocycles. The molecule has 4 heteroatoms. The van der Waals surface area contributed by atoms with Gasteiger partial charge in [0.1, 0.15) is 5.69 Å². The maximum Gasteiger partial charge on any atom is 0.339 e. The van der Waals surface area contributed by atoms with Crippen molar-refractivity contribution < 1.29 is 9.53 Å². The maximum absolute atomic E-state index is 12.7. The minimum atomic E-state index is -0.637. The normalized spacial score (nSPS) is 11.8. The fraction of sp³-hybridized carbons (Fsp3) is 0.0455. The van der Waals surface area contributed by atoms with Crippen molar-refractivity contribution in [2.45, 2.75) is 6.10 Å². The molecule has 0 unspecified atom stereocenters. The Morgan fingerprint density at radius 2 is 1.46 bits per heavy atom. The van der Waals surface area contributed by atoms with Gasteiger partial charge in [-0.3, -0.25) is 0 Å². The number of rotatable bonds is 4. The van der Waals surface area contributed by atoms with E-state index >= 15 is 0 Å². The Bertz CT molecular complexity index is 1030. The van der Waals surface area contributed by atoms with Crippen molar-refractivity contribution >= 4 is 16.7 Å². The van der Waals surface area contributed by atoms with Gasteiger partial charge in [-0.15, -0.1) is 0 Å². The van der Waals surface area contributed by atoms with Crippen LogP contribution in [-0.2, 0) is 4.74 Å². The lowest BCUT2D eigenvalue weighted by atomic mass is 10.0. The predicted octanol–water partition coefficient (Wildman–Crippen LogP) is 4.58. The van der Waals surface area contributed by atoms with Crippen molar-refractivity contribution in [2.75, 3.05) is 0 Å². The lowest BCUT2D eigenvalue weighted by molar-refractivity contribution is 0.0372. The second-order valence-electron chi connectivity index (χ2n) is 5.88. The van der Waals surface area contributed by atoms with Crippen molar-refractivity contribution in [3.63, 3.8) is 0 Å². The number of aromatic nitrogens is 2. The van der Waals surface area contributed by atoms with Gasteiger partial charge in [-0.2, -0.15) is 10.2 Å². The van der Waals surface area contributed by atoms with Gasteiger partial charge in [0.15, 0.2) is 6.10 Å². The lowest BCUT2D eigenvalue weighted by Gasteiger charge is -2.19. The first-order chi connectivity index (χ1) is 12.8. The molecule has 0 saturated carbocycles. The minimum absolute atomic E-state index is 0.394. The van der Waals surface area contributed by atoms with Crippen molar-refractivity contribution in [1.29, 1.82) is 0 Å². The Morgan fingerprint density at radius 1 is 0.808 bits per heavy atom. The van der Waals surface area contributed by atoms with E-state index in [1.165, 1.54) is 0 Å². The molecule has 1 aromatic heterocycles. The fourth-order valence-corrected chi connectivity index (χ4v) is 2.90. The molecule has 4 nitrogen and oxygen atoms in total. The Kier molecular flexibility index (Phi) is 4.39. The molecule has 126 valence electrons.